The van der Waals surface area contributed by atoms with E-state index in [1.165, 1.54) is 48.2 Å². The van der Waals surface area contributed by atoms with Crippen LogP contribution in [0.5, 0.6) is 0 Å². The van der Waals surface area contributed by atoms with Crippen molar-refractivity contribution in [3.63, 3.8) is 0 Å². The zero-order valence-corrected chi connectivity index (χ0v) is 55.1. The molecule has 0 amide bonds. The van der Waals surface area contributed by atoms with Crippen molar-refractivity contribution in [2.45, 2.75) is 213 Å². The minimum Gasteiger partial charge on any atom is -0.248 e. The van der Waals surface area contributed by atoms with Crippen molar-refractivity contribution in [1.29, 1.82) is 0 Å². The van der Waals surface area contributed by atoms with Gasteiger partial charge in [0.05, 0.1) is 9.88 Å². The van der Waals surface area contributed by atoms with Crippen LogP contribution in [-0.4, -0.2) is 9.97 Å². The Morgan fingerprint density at radius 2 is 0.976 bits per heavy atom. The highest BCUT2D eigenvalue weighted by Crippen LogP contribution is 2.61. The fraction of sp³-hybridized carbons (Fsp3) is 0.468. The molecule has 0 fully saturated rings. The van der Waals surface area contributed by atoms with Crippen LogP contribution < -0.4 is 0 Å². The Kier molecular flexibility index (Phi) is 42.0. The van der Waals surface area contributed by atoms with Crippen molar-refractivity contribution in [3.05, 3.63) is 181 Å². The first-order chi connectivity index (χ1) is 37.2. The predicted molar refractivity (Wildman–Crippen MR) is 384 cm³/mol. The molecule has 0 aliphatic carbocycles. The maximum atomic E-state index is 4.94. The highest BCUT2D eigenvalue weighted by Gasteiger charge is 2.57. The number of aromatic nitrogens is 2. The molecule has 0 aliphatic rings. The van der Waals surface area contributed by atoms with Gasteiger partial charge in [0.25, 0.3) is 0 Å². The molecule has 0 bridgehead atoms. The van der Waals surface area contributed by atoms with Crippen LogP contribution in [0.25, 0.3) is 17.2 Å². The van der Waals surface area contributed by atoms with E-state index in [1.54, 1.807) is 26.0 Å². The molecule has 4 heteroatoms. The lowest BCUT2D eigenvalue weighted by molar-refractivity contribution is -0.0249. The van der Waals surface area contributed by atoms with E-state index in [1.807, 2.05) is 60.8 Å². The number of hydrogen-bond donors (Lipinski definition) is 0. The van der Waals surface area contributed by atoms with Crippen LogP contribution in [0.15, 0.2) is 139 Å². The molecule has 0 N–H and O–H groups in total. The van der Waals surface area contributed by atoms with Gasteiger partial charge in [-0.3, -0.25) is 0 Å². The van der Waals surface area contributed by atoms with Crippen LogP contribution in [-0.2, 0) is 17.3 Å². The molecule has 0 aliphatic heterocycles. The minimum absolute atomic E-state index is 0. The molecule has 2 heterocycles. The molecule has 0 saturated carbocycles. The molecule has 4 unspecified atom stereocenters. The summed E-state index contributed by atoms with van der Waals surface area (Å²) in [5.74, 6) is 25.9. The molecular weight excluding hydrogens is 1040 g/mol. The van der Waals surface area contributed by atoms with Crippen LogP contribution in [0, 0.1) is 81.9 Å². The third kappa shape index (κ3) is 26.1. The van der Waals surface area contributed by atoms with Crippen molar-refractivity contribution in [1.82, 2.24) is 9.97 Å². The van der Waals surface area contributed by atoms with Gasteiger partial charge in [0.2, 0.25) is 0 Å². The molecule has 0 spiro atoms. The fourth-order valence-electron chi connectivity index (χ4n) is 8.50. The Hall–Kier alpha value is -6.14. The normalized spacial score (nSPS) is 12.6. The summed E-state index contributed by atoms with van der Waals surface area (Å²) in [4.78, 5) is 12.4. The highest BCUT2D eigenvalue weighted by atomic mass is 32.1. The van der Waals surface area contributed by atoms with Gasteiger partial charge in [0, 0.05) is 39.2 Å². The van der Waals surface area contributed by atoms with Gasteiger partial charge in [0.15, 0.2) is 0 Å². The monoisotopic (exact) mass is 1160 g/mol. The van der Waals surface area contributed by atoms with Crippen molar-refractivity contribution >= 4 is 39.9 Å². The standard InChI is InChI=1S/C28H44N2S2.C23H20.C14H26.C10H10.4CH4/c1-17(2)19(5)21-15-30-24(31-21)26(9,10)28(13,14)27(11,12)25(7,8)22-16-29-23(32-22)20(6)18(3)4;1-3-8-20-12-16-22(17-13-20)10-6-5-7-11-23-18-14-21(9-4-2)15-19-23;1-7-9-11(3)13(5)14(6)12(4)10-8-2;1-3-5-7-9-10-8-6-4-2;;;;/h15-16H,1-14H3;5-7,10,12-19H,11H2,1-2H3;7-14H,1-6H3;7-10H,1-2H3;4*1H4. The lowest BCUT2D eigenvalue weighted by Gasteiger charge is -2.57. The molecular formula is C79H116N2S2. The van der Waals surface area contributed by atoms with Crippen LogP contribution in [0.1, 0.15) is 238 Å². The van der Waals surface area contributed by atoms with E-state index in [2.05, 4.69) is 283 Å². The quantitative estimate of drug-likeness (QED) is 0.0598. The molecule has 0 saturated heterocycles. The van der Waals surface area contributed by atoms with Gasteiger partial charge in [-0.2, -0.15) is 0 Å². The molecule has 4 atom stereocenters. The van der Waals surface area contributed by atoms with Gasteiger partial charge in [-0.05, 0) is 183 Å². The summed E-state index contributed by atoms with van der Waals surface area (Å²) in [7, 11) is 0. The number of hydrogen-bond acceptors (Lipinski definition) is 4. The summed E-state index contributed by atoms with van der Waals surface area (Å²) in [6, 6.07) is 16.6. The first-order valence-electron chi connectivity index (χ1n) is 28.2. The predicted octanol–water partition coefficient (Wildman–Crippen LogP) is 24.1. The minimum atomic E-state index is -0.0953. The van der Waals surface area contributed by atoms with E-state index in [0.717, 1.165) is 34.4 Å². The summed E-state index contributed by atoms with van der Waals surface area (Å²) in [6.45, 7) is 53.1. The molecule has 2 nitrogen and oxygen atoms in total. The molecule has 83 heavy (non-hydrogen) atoms. The van der Waals surface area contributed by atoms with Crippen LogP contribution in [0.3, 0.4) is 0 Å². The number of allylic oxidation sites excluding steroid dienone is 15. The van der Waals surface area contributed by atoms with Crippen LogP contribution in [0.4, 0.5) is 0 Å². The Labute approximate surface area is 522 Å². The second-order valence-corrected chi connectivity index (χ2v) is 24.9. The summed E-state index contributed by atoms with van der Waals surface area (Å²) >= 11 is 3.70. The van der Waals surface area contributed by atoms with E-state index >= 15 is 0 Å². The maximum Gasteiger partial charge on any atom is 0.119 e. The van der Waals surface area contributed by atoms with Gasteiger partial charge < -0.3 is 0 Å². The average Bonchev–Trinajstić information content (AvgIpc) is 4.16. The van der Waals surface area contributed by atoms with Gasteiger partial charge in [0.1, 0.15) is 5.01 Å². The summed E-state index contributed by atoms with van der Waals surface area (Å²) in [6.07, 6.45) is 29.7. The summed E-state index contributed by atoms with van der Waals surface area (Å²) in [5, 5.41) is 2.36. The number of rotatable bonds is 17. The Morgan fingerprint density at radius 1 is 0.530 bits per heavy atom. The molecule has 0 radical (unpaired) electrons. The second kappa shape index (κ2) is 41.8. The summed E-state index contributed by atoms with van der Waals surface area (Å²) in [5.41, 5.74) is 9.70. The fourth-order valence-corrected chi connectivity index (χ4v) is 11.1. The molecule has 2 aromatic heterocycles. The Balaban J connectivity index is -0.000000537. The highest BCUT2D eigenvalue weighted by molar-refractivity contribution is 7.13. The lowest BCUT2D eigenvalue weighted by atomic mass is 9.47. The van der Waals surface area contributed by atoms with Gasteiger partial charge in [-0.15, -0.1) is 46.4 Å². The van der Waals surface area contributed by atoms with Gasteiger partial charge in [-0.1, -0.05) is 233 Å². The van der Waals surface area contributed by atoms with Crippen molar-refractivity contribution < 1.29 is 0 Å². The Morgan fingerprint density at radius 3 is 1.40 bits per heavy atom. The van der Waals surface area contributed by atoms with Crippen molar-refractivity contribution in [2.75, 3.05) is 0 Å². The van der Waals surface area contributed by atoms with E-state index in [9.17, 15) is 0 Å². The lowest BCUT2D eigenvalue weighted by Crippen LogP contribution is -2.55. The third-order valence-corrected chi connectivity index (χ3v) is 19.5. The van der Waals surface area contributed by atoms with E-state index < -0.39 is 0 Å². The molecule has 4 aromatic rings. The van der Waals surface area contributed by atoms with Gasteiger partial charge >= 0.3 is 0 Å². The zero-order valence-electron chi connectivity index (χ0n) is 53.4. The van der Waals surface area contributed by atoms with E-state index in [-0.39, 0.29) is 51.4 Å². The number of nitrogens with zero attached hydrogens (tertiary/aromatic N) is 2. The molecule has 454 valence electrons. The van der Waals surface area contributed by atoms with Crippen LogP contribution in [0.2, 0.25) is 0 Å². The van der Waals surface area contributed by atoms with Gasteiger partial charge in [-0.25, -0.2) is 9.97 Å². The summed E-state index contributed by atoms with van der Waals surface area (Å²) < 4.78 is 0. The number of benzene rings is 2. The second-order valence-electron chi connectivity index (χ2n) is 22.9. The third-order valence-electron chi connectivity index (χ3n) is 16.6. The van der Waals surface area contributed by atoms with Crippen molar-refractivity contribution in [2.24, 2.45) is 34.5 Å². The first kappa shape index (κ1) is 83.3. The smallest absolute Gasteiger partial charge is 0.119 e. The largest absolute Gasteiger partial charge is 0.248 e. The molecule has 4 rings (SSSR count). The average molecular weight is 1160 g/mol. The van der Waals surface area contributed by atoms with Crippen molar-refractivity contribution in [3.8, 4) is 47.4 Å². The topological polar surface area (TPSA) is 25.8 Å². The first-order valence-corrected chi connectivity index (χ1v) is 29.8. The van der Waals surface area contributed by atoms with Crippen LogP contribution >= 0.6 is 22.7 Å². The van der Waals surface area contributed by atoms with E-state index in [0.29, 0.717) is 11.8 Å². The van der Waals surface area contributed by atoms with E-state index in [4.69, 9.17) is 9.97 Å². The molecule has 2 aromatic carbocycles. The number of thiazole rings is 2. The Bertz CT molecular complexity index is 2860. The SMILES string of the molecule is C.C.C.C.CC#CC=CC=CC#CC.CC#Cc1ccc(C=CC=CCc2ccc(C#CC)cc2)cc1.CC(C)=C(C)c1cnc(C(C)(C)C(C)(C)C(C)(C)C(C)(C)c2cnc(C(C)=C(C)C)s2)s1.CC=CC(C)C(C)C(C)C(C)C=CC. The maximum absolute atomic E-state index is 4.94. The zero-order chi connectivity index (χ0) is 60.0.